The van der Waals surface area contributed by atoms with E-state index in [0.717, 1.165) is 51.4 Å². The minimum atomic E-state index is -4.75. The molecule has 0 unspecified atom stereocenters. The summed E-state index contributed by atoms with van der Waals surface area (Å²) < 4.78 is 26.4. The highest BCUT2D eigenvalue weighted by molar-refractivity contribution is 7.46. The van der Waals surface area contributed by atoms with Gasteiger partial charge < -0.3 is 19.3 Å². The Kier molecular flexibility index (Phi) is 40.1. The van der Waals surface area contributed by atoms with Gasteiger partial charge in [-0.1, -0.05) is 199 Å². The molecule has 0 spiro atoms. The highest BCUT2D eigenvalue weighted by Gasteiger charge is 2.23. The molecule has 9 heteroatoms. The number of hydrogen-bond donors (Lipinski definition) is 2. The van der Waals surface area contributed by atoms with Crippen LogP contribution in [0, 0.1) is 0 Å². The fourth-order valence-electron chi connectivity index (χ4n) is 6.58. The SMILES string of the molecule is CCCCC/C=C/C/C=C/CCCCCCCCCC(=O)O[C@H](COC(=O)CCCCCCCCCCCCCCCCCCCCC)COP(=O)(O)O. The predicted molar refractivity (Wildman–Crippen MR) is 225 cm³/mol. The normalized spacial score (nSPS) is 12.6. The van der Waals surface area contributed by atoms with Gasteiger partial charge in [0.15, 0.2) is 6.10 Å². The zero-order valence-electron chi connectivity index (χ0n) is 35.1. The predicted octanol–water partition coefficient (Wildman–Crippen LogP) is 14.0. The minimum absolute atomic E-state index is 0.206. The Bertz CT molecular complexity index is 931. The quantitative estimate of drug-likeness (QED) is 0.0272. The van der Waals surface area contributed by atoms with Crippen LogP contribution in [0.3, 0.4) is 0 Å². The van der Waals surface area contributed by atoms with E-state index in [1.165, 1.54) is 148 Å². The summed E-state index contributed by atoms with van der Waals surface area (Å²) in [6, 6.07) is 0. The molecule has 0 saturated heterocycles. The van der Waals surface area contributed by atoms with Crippen molar-refractivity contribution in [2.24, 2.45) is 0 Å². The van der Waals surface area contributed by atoms with Crippen molar-refractivity contribution < 1.29 is 37.9 Å². The Morgan fingerprint density at radius 1 is 0.481 bits per heavy atom. The molecular formula is C45H85O8P. The van der Waals surface area contributed by atoms with E-state index in [0.29, 0.717) is 6.42 Å². The van der Waals surface area contributed by atoms with Gasteiger partial charge in [0.05, 0.1) is 6.61 Å². The molecule has 54 heavy (non-hydrogen) atoms. The standard InChI is InChI=1S/C45H85O8P/c1-3-5-7-9-11-13-15-17-19-21-22-24-25-27-29-31-33-35-37-39-44(46)51-41-43(42-52-54(48,49)50)53-45(47)40-38-36-34-32-30-28-26-23-20-18-16-14-12-10-8-6-4-2/h12,14,18,20,43H,3-11,13,15-17,19,21-42H2,1-2H3,(H2,48,49,50)/b14-12+,20-18+/t43-/m1/s1. The van der Waals surface area contributed by atoms with Crippen molar-refractivity contribution in [3.8, 4) is 0 Å². The number of unbranched alkanes of at least 4 members (excludes halogenated alkanes) is 28. The van der Waals surface area contributed by atoms with Crippen LogP contribution in [-0.4, -0.2) is 41.0 Å². The molecule has 0 aromatic carbocycles. The third-order valence-electron chi connectivity index (χ3n) is 9.97. The molecule has 0 bridgehead atoms. The molecule has 0 aromatic rings. The summed E-state index contributed by atoms with van der Waals surface area (Å²) >= 11 is 0. The number of allylic oxidation sites excluding steroid dienone is 4. The molecule has 8 nitrogen and oxygen atoms in total. The Morgan fingerprint density at radius 2 is 0.833 bits per heavy atom. The van der Waals surface area contributed by atoms with Crippen molar-refractivity contribution in [1.82, 2.24) is 0 Å². The Labute approximate surface area is 332 Å². The van der Waals surface area contributed by atoms with E-state index < -0.39 is 32.5 Å². The third-order valence-corrected chi connectivity index (χ3v) is 10.5. The van der Waals surface area contributed by atoms with Crippen LogP contribution < -0.4 is 0 Å². The molecular weight excluding hydrogens is 699 g/mol. The van der Waals surface area contributed by atoms with Gasteiger partial charge in [-0.25, -0.2) is 4.57 Å². The summed E-state index contributed by atoms with van der Waals surface area (Å²) in [4.78, 5) is 42.9. The van der Waals surface area contributed by atoms with Gasteiger partial charge in [-0.15, -0.1) is 0 Å². The van der Waals surface area contributed by atoms with Gasteiger partial charge in [0, 0.05) is 12.8 Å². The smallest absolute Gasteiger partial charge is 0.462 e. The number of esters is 2. The summed E-state index contributed by atoms with van der Waals surface area (Å²) in [7, 11) is -4.75. The first-order valence-corrected chi connectivity index (χ1v) is 24.2. The highest BCUT2D eigenvalue weighted by Crippen LogP contribution is 2.36. The third kappa shape index (κ3) is 43.3. The molecule has 2 N–H and O–H groups in total. The van der Waals surface area contributed by atoms with Gasteiger partial charge in [0.1, 0.15) is 6.61 Å². The lowest BCUT2D eigenvalue weighted by molar-refractivity contribution is -0.161. The van der Waals surface area contributed by atoms with Gasteiger partial charge in [-0.3, -0.25) is 14.1 Å². The van der Waals surface area contributed by atoms with E-state index in [-0.39, 0.29) is 19.4 Å². The molecule has 0 radical (unpaired) electrons. The molecule has 0 aromatic heterocycles. The molecule has 0 saturated carbocycles. The van der Waals surface area contributed by atoms with Crippen LogP contribution in [0.5, 0.6) is 0 Å². The molecule has 0 heterocycles. The van der Waals surface area contributed by atoms with Crippen LogP contribution in [0.1, 0.15) is 232 Å². The lowest BCUT2D eigenvalue weighted by atomic mass is 10.0. The van der Waals surface area contributed by atoms with Crippen molar-refractivity contribution in [3.63, 3.8) is 0 Å². The Morgan fingerprint density at radius 3 is 1.26 bits per heavy atom. The average Bonchev–Trinajstić information content (AvgIpc) is 3.14. The molecule has 1 atom stereocenters. The van der Waals surface area contributed by atoms with Crippen molar-refractivity contribution in [3.05, 3.63) is 24.3 Å². The second-order valence-corrected chi connectivity index (χ2v) is 16.6. The number of rotatable bonds is 42. The topological polar surface area (TPSA) is 119 Å². The monoisotopic (exact) mass is 785 g/mol. The zero-order chi connectivity index (χ0) is 39.6. The van der Waals surface area contributed by atoms with Crippen LogP contribution in [-0.2, 0) is 28.2 Å². The van der Waals surface area contributed by atoms with Crippen molar-refractivity contribution in [1.29, 1.82) is 0 Å². The molecule has 0 aliphatic rings. The van der Waals surface area contributed by atoms with E-state index in [1.807, 2.05) is 0 Å². The summed E-state index contributed by atoms with van der Waals surface area (Å²) in [6.45, 7) is 3.68. The lowest BCUT2D eigenvalue weighted by Crippen LogP contribution is -2.29. The van der Waals surface area contributed by atoms with Crippen LogP contribution in [0.2, 0.25) is 0 Å². The first-order valence-electron chi connectivity index (χ1n) is 22.6. The number of hydrogen-bond acceptors (Lipinski definition) is 6. The number of ether oxygens (including phenoxy) is 2. The molecule has 318 valence electrons. The van der Waals surface area contributed by atoms with Crippen LogP contribution in [0.25, 0.3) is 0 Å². The van der Waals surface area contributed by atoms with Gasteiger partial charge in [0.25, 0.3) is 0 Å². The number of carbonyl (C=O) groups excluding carboxylic acids is 2. The largest absolute Gasteiger partial charge is 0.469 e. The molecule has 0 aliphatic carbocycles. The van der Waals surface area contributed by atoms with Gasteiger partial charge in [-0.2, -0.15) is 0 Å². The highest BCUT2D eigenvalue weighted by atomic mass is 31.2. The molecule has 0 aliphatic heterocycles. The fraction of sp³-hybridized carbons (Fsp3) is 0.867. The van der Waals surface area contributed by atoms with E-state index in [1.54, 1.807) is 0 Å². The second kappa shape index (κ2) is 41.2. The van der Waals surface area contributed by atoms with Crippen molar-refractivity contribution in [2.75, 3.05) is 13.2 Å². The average molecular weight is 785 g/mol. The van der Waals surface area contributed by atoms with Crippen LogP contribution in [0.4, 0.5) is 0 Å². The number of phosphoric ester groups is 1. The van der Waals surface area contributed by atoms with Gasteiger partial charge >= 0.3 is 19.8 Å². The molecule has 0 amide bonds. The number of phosphoric acid groups is 1. The Balaban J connectivity index is 3.85. The maximum absolute atomic E-state index is 12.4. The van der Waals surface area contributed by atoms with E-state index >= 15 is 0 Å². The fourth-order valence-corrected chi connectivity index (χ4v) is 6.94. The maximum atomic E-state index is 12.4. The lowest BCUT2D eigenvalue weighted by Gasteiger charge is -2.18. The minimum Gasteiger partial charge on any atom is -0.462 e. The van der Waals surface area contributed by atoms with E-state index in [4.69, 9.17) is 19.3 Å². The van der Waals surface area contributed by atoms with E-state index in [2.05, 4.69) is 42.7 Å². The molecule has 0 fully saturated rings. The first-order chi connectivity index (χ1) is 26.3. The summed E-state index contributed by atoms with van der Waals surface area (Å²) in [5.74, 6) is -0.882. The summed E-state index contributed by atoms with van der Waals surface area (Å²) in [5, 5.41) is 0. The maximum Gasteiger partial charge on any atom is 0.469 e. The Hall–Kier alpha value is -1.47. The van der Waals surface area contributed by atoms with E-state index in [9.17, 15) is 14.2 Å². The van der Waals surface area contributed by atoms with Crippen molar-refractivity contribution in [2.45, 2.75) is 238 Å². The summed E-state index contributed by atoms with van der Waals surface area (Å²) in [6.07, 6.45) is 47.5. The van der Waals surface area contributed by atoms with Gasteiger partial charge in [-0.05, 0) is 44.9 Å². The van der Waals surface area contributed by atoms with Crippen LogP contribution >= 0.6 is 7.82 Å². The first kappa shape index (κ1) is 52.5. The van der Waals surface area contributed by atoms with Gasteiger partial charge in [0.2, 0.25) is 0 Å². The van der Waals surface area contributed by atoms with Crippen LogP contribution in [0.15, 0.2) is 24.3 Å². The summed E-state index contributed by atoms with van der Waals surface area (Å²) in [5.41, 5.74) is 0. The molecule has 0 rings (SSSR count). The second-order valence-electron chi connectivity index (χ2n) is 15.4. The number of carbonyl (C=O) groups is 2. The van der Waals surface area contributed by atoms with Crippen molar-refractivity contribution >= 4 is 19.8 Å². The zero-order valence-corrected chi connectivity index (χ0v) is 36.0.